The van der Waals surface area contributed by atoms with Crippen LogP contribution in [-0.2, 0) is 4.74 Å². The van der Waals surface area contributed by atoms with Gasteiger partial charge in [-0.2, -0.15) is 8.78 Å². The molecule has 2 aliphatic carbocycles. The minimum Gasteiger partial charge on any atom is -0.440 e. The van der Waals surface area contributed by atoms with Crippen molar-refractivity contribution in [3.8, 4) is 0 Å². The zero-order valence-corrected chi connectivity index (χ0v) is 16.2. The summed E-state index contributed by atoms with van der Waals surface area (Å²) in [5.74, 6) is 0.368. The molecule has 0 aromatic carbocycles. The normalized spacial score (nSPS) is 22.9. The third-order valence-electron chi connectivity index (χ3n) is 5.07. The molecule has 0 bridgehead atoms. The van der Waals surface area contributed by atoms with Crippen molar-refractivity contribution < 1.29 is 13.5 Å². The van der Waals surface area contributed by atoms with Gasteiger partial charge in [0.15, 0.2) is 0 Å². The quantitative estimate of drug-likeness (QED) is 0.459. The smallest absolute Gasteiger partial charge is 0.387 e. The molecule has 0 saturated heterocycles. The molecule has 0 aromatic heterocycles. The molecular formula is C21H32F2N2O. The van der Waals surface area contributed by atoms with Gasteiger partial charge in [-0.3, -0.25) is 5.32 Å². The standard InChI is InChI=1S/C21H32F2N2O/c1-4-20(24-18-13-8-6-5-7-10-15(18)2)25-19-14-17(26-21(22)23)12-9-11-16(19)3/h5-6,11-12,19-21,24-25H,4,7-10,13-14H2,1-3H3/t19-,20-/m1/s1. The van der Waals surface area contributed by atoms with Crippen LogP contribution in [0.15, 0.2) is 46.9 Å². The van der Waals surface area contributed by atoms with E-state index in [4.69, 9.17) is 0 Å². The molecule has 0 fully saturated rings. The summed E-state index contributed by atoms with van der Waals surface area (Å²) in [6.07, 6.45) is 14.7. The Morgan fingerprint density at radius 1 is 1.15 bits per heavy atom. The fourth-order valence-corrected chi connectivity index (χ4v) is 3.40. The molecule has 5 heteroatoms. The SMILES string of the molecule is CC[C@H](NC1=C(C)CCC=CCC1)N[C@@H]1CC(OC(F)F)=CCC=C1C. The van der Waals surface area contributed by atoms with E-state index in [9.17, 15) is 8.78 Å². The van der Waals surface area contributed by atoms with Crippen LogP contribution in [0.4, 0.5) is 8.78 Å². The van der Waals surface area contributed by atoms with Crippen LogP contribution < -0.4 is 10.6 Å². The molecule has 3 nitrogen and oxygen atoms in total. The topological polar surface area (TPSA) is 33.3 Å². The van der Waals surface area contributed by atoms with Crippen LogP contribution >= 0.6 is 0 Å². The minimum atomic E-state index is -2.77. The van der Waals surface area contributed by atoms with Gasteiger partial charge >= 0.3 is 6.61 Å². The second-order valence-corrected chi connectivity index (χ2v) is 7.07. The molecule has 0 saturated carbocycles. The molecule has 0 amide bonds. The van der Waals surface area contributed by atoms with Crippen LogP contribution in [-0.4, -0.2) is 18.8 Å². The number of hydrogen-bond donors (Lipinski definition) is 2. The number of allylic oxidation sites excluding steroid dienone is 6. The number of hydrogen-bond acceptors (Lipinski definition) is 3. The van der Waals surface area contributed by atoms with Gasteiger partial charge in [0, 0.05) is 18.2 Å². The summed E-state index contributed by atoms with van der Waals surface area (Å²) in [5, 5.41) is 7.27. The summed E-state index contributed by atoms with van der Waals surface area (Å²) < 4.78 is 29.9. The van der Waals surface area contributed by atoms with E-state index in [2.05, 4.69) is 54.4 Å². The van der Waals surface area contributed by atoms with Crippen molar-refractivity contribution in [2.24, 2.45) is 0 Å². The van der Waals surface area contributed by atoms with Crippen LogP contribution in [0.3, 0.4) is 0 Å². The highest BCUT2D eigenvalue weighted by molar-refractivity contribution is 5.19. The molecule has 2 rings (SSSR count). The highest BCUT2D eigenvalue weighted by Gasteiger charge is 2.21. The summed E-state index contributed by atoms with van der Waals surface area (Å²) in [4.78, 5) is 0. The Bertz CT molecular complexity index is 579. The first-order valence-corrected chi connectivity index (χ1v) is 9.66. The zero-order valence-electron chi connectivity index (χ0n) is 16.2. The van der Waals surface area contributed by atoms with Crippen LogP contribution in [0, 0.1) is 0 Å². The van der Waals surface area contributed by atoms with E-state index in [0.717, 1.165) is 32.1 Å². The molecule has 0 unspecified atom stereocenters. The van der Waals surface area contributed by atoms with Crippen molar-refractivity contribution >= 4 is 0 Å². The second-order valence-electron chi connectivity index (χ2n) is 7.07. The molecular weight excluding hydrogens is 334 g/mol. The maximum atomic E-state index is 12.6. The minimum absolute atomic E-state index is 0.00527. The lowest BCUT2D eigenvalue weighted by molar-refractivity contribution is -0.0991. The van der Waals surface area contributed by atoms with Crippen LogP contribution in [0.1, 0.15) is 65.7 Å². The van der Waals surface area contributed by atoms with E-state index in [-0.39, 0.29) is 12.2 Å². The van der Waals surface area contributed by atoms with Crippen molar-refractivity contribution in [2.75, 3.05) is 0 Å². The Labute approximate surface area is 156 Å². The maximum Gasteiger partial charge on any atom is 0.387 e. The summed E-state index contributed by atoms with van der Waals surface area (Å²) in [7, 11) is 0. The lowest BCUT2D eigenvalue weighted by atomic mass is 10.0. The van der Waals surface area contributed by atoms with Crippen molar-refractivity contribution in [3.63, 3.8) is 0 Å². The molecule has 0 aliphatic heterocycles. The fourth-order valence-electron chi connectivity index (χ4n) is 3.40. The van der Waals surface area contributed by atoms with Crippen molar-refractivity contribution in [1.82, 2.24) is 10.6 Å². The number of rotatable bonds is 7. The van der Waals surface area contributed by atoms with Gasteiger partial charge in [-0.1, -0.05) is 36.3 Å². The Kier molecular flexibility index (Phi) is 8.36. The predicted octanol–water partition coefficient (Wildman–Crippen LogP) is 5.54. The van der Waals surface area contributed by atoms with Gasteiger partial charge < -0.3 is 10.1 Å². The third kappa shape index (κ3) is 6.60. The summed E-state index contributed by atoms with van der Waals surface area (Å²) in [5.41, 5.74) is 3.88. The predicted molar refractivity (Wildman–Crippen MR) is 103 cm³/mol. The highest BCUT2D eigenvalue weighted by atomic mass is 19.3. The van der Waals surface area contributed by atoms with E-state index in [1.54, 1.807) is 6.08 Å². The number of alkyl halides is 2. The highest BCUT2D eigenvalue weighted by Crippen LogP contribution is 2.23. The van der Waals surface area contributed by atoms with Crippen LogP contribution in [0.5, 0.6) is 0 Å². The molecule has 2 atom stereocenters. The lowest BCUT2D eigenvalue weighted by Gasteiger charge is -2.29. The molecule has 2 aliphatic rings. The van der Waals surface area contributed by atoms with Gasteiger partial charge in [-0.15, -0.1) is 0 Å². The summed E-state index contributed by atoms with van der Waals surface area (Å²) in [6, 6.07) is -0.00527. The van der Waals surface area contributed by atoms with E-state index in [0.29, 0.717) is 18.6 Å². The van der Waals surface area contributed by atoms with Gasteiger partial charge in [0.25, 0.3) is 0 Å². The average molecular weight is 366 g/mol. The third-order valence-corrected chi connectivity index (χ3v) is 5.07. The molecule has 0 aromatic rings. The molecule has 0 radical (unpaired) electrons. The fraction of sp³-hybridized carbons (Fsp3) is 0.619. The lowest BCUT2D eigenvalue weighted by Crippen LogP contribution is -2.47. The second kappa shape index (κ2) is 10.5. The van der Waals surface area contributed by atoms with Gasteiger partial charge in [0.1, 0.15) is 5.76 Å². The van der Waals surface area contributed by atoms with Crippen LogP contribution in [0.25, 0.3) is 0 Å². The Morgan fingerprint density at radius 3 is 2.58 bits per heavy atom. The van der Waals surface area contributed by atoms with Gasteiger partial charge in [0.2, 0.25) is 0 Å². The summed E-state index contributed by atoms with van der Waals surface area (Å²) >= 11 is 0. The zero-order chi connectivity index (χ0) is 18.9. The average Bonchev–Trinajstić information content (AvgIpc) is 2.74. The van der Waals surface area contributed by atoms with E-state index >= 15 is 0 Å². The Balaban J connectivity index is 2.02. The molecule has 0 heterocycles. The van der Waals surface area contributed by atoms with Crippen molar-refractivity contribution in [1.29, 1.82) is 0 Å². The largest absolute Gasteiger partial charge is 0.440 e. The number of halogens is 2. The molecule has 2 N–H and O–H groups in total. The van der Waals surface area contributed by atoms with Crippen LogP contribution in [0.2, 0.25) is 0 Å². The monoisotopic (exact) mass is 366 g/mol. The maximum absolute atomic E-state index is 12.6. The van der Waals surface area contributed by atoms with E-state index in [1.165, 1.54) is 16.8 Å². The van der Waals surface area contributed by atoms with Crippen molar-refractivity contribution in [2.45, 2.75) is 84.5 Å². The van der Waals surface area contributed by atoms with E-state index in [1.807, 2.05) is 0 Å². The van der Waals surface area contributed by atoms with Gasteiger partial charge in [-0.25, -0.2) is 0 Å². The Morgan fingerprint density at radius 2 is 1.88 bits per heavy atom. The van der Waals surface area contributed by atoms with Gasteiger partial charge in [-0.05, 0) is 58.4 Å². The number of nitrogens with one attached hydrogen (secondary N) is 2. The summed E-state index contributed by atoms with van der Waals surface area (Å²) in [6.45, 7) is 3.61. The number of ether oxygens (including phenoxy) is 1. The molecule has 0 spiro atoms. The molecule has 26 heavy (non-hydrogen) atoms. The van der Waals surface area contributed by atoms with E-state index < -0.39 is 6.61 Å². The first kappa shape index (κ1) is 20.7. The van der Waals surface area contributed by atoms with Gasteiger partial charge in [0.05, 0.1) is 6.17 Å². The van der Waals surface area contributed by atoms with Crippen molar-refractivity contribution in [3.05, 3.63) is 46.9 Å². The molecule has 146 valence electrons. The first-order valence-electron chi connectivity index (χ1n) is 9.66. The first-order chi connectivity index (χ1) is 12.5. The Hall–Kier alpha value is -1.62.